The minimum atomic E-state index is -0.592. The first kappa shape index (κ1) is 10.7. The van der Waals surface area contributed by atoms with Crippen LogP contribution in [0.5, 0.6) is 5.06 Å². The maximum Gasteiger partial charge on any atom is 0.323 e. The topological polar surface area (TPSA) is 52.6 Å². The Morgan fingerprint density at radius 2 is 2.21 bits per heavy atom. The number of rotatable bonds is 4. The molecular formula is C9H10O4S. The Morgan fingerprint density at radius 1 is 1.43 bits per heavy atom. The minimum absolute atomic E-state index is 0.269. The number of esters is 2. The third-order valence-electron chi connectivity index (χ3n) is 1.30. The van der Waals surface area contributed by atoms with E-state index >= 15 is 0 Å². The van der Waals surface area contributed by atoms with E-state index in [4.69, 9.17) is 4.74 Å². The van der Waals surface area contributed by atoms with E-state index in [1.807, 2.05) is 0 Å². The molecule has 14 heavy (non-hydrogen) atoms. The van der Waals surface area contributed by atoms with Crippen LogP contribution >= 0.6 is 11.3 Å². The SMILES string of the molecule is CCOC(=O)CC(=O)Oc1cccs1. The number of thiophene rings is 1. The van der Waals surface area contributed by atoms with Crippen molar-refractivity contribution in [3.05, 3.63) is 17.5 Å². The molecule has 0 saturated heterocycles. The molecule has 0 bridgehead atoms. The van der Waals surface area contributed by atoms with Gasteiger partial charge in [-0.3, -0.25) is 9.59 Å². The smallest absolute Gasteiger partial charge is 0.323 e. The molecule has 0 fully saturated rings. The fourth-order valence-electron chi connectivity index (χ4n) is 0.800. The molecule has 1 heterocycles. The predicted molar refractivity (Wildman–Crippen MR) is 51.2 cm³/mol. The van der Waals surface area contributed by atoms with Gasteiger partial charge in [0.1, 0.15) is 6.42 Å². The van der Waals surface area contributed by atoms with E-state index in [0.717, 1.165) is 0 Å². The molecule has 0 atom stereocenters. The second-order valence-electron chi connectivity index (χ2n) is 2.39. The van der Waals surface area contributed by atoms with E-state index in [1.54, 1.807) is 24.4 Å². The summed E-state index contributed by atoms with van der Waals surface area (Å²) < 4.78 is 9.45. The number of hydrogen-bond acceptors (Lipinski definition) is 5. The van der Waals surface area contributed by atoms with E-state index < -0.39 is 11.9 Å². The first-order chi connectivity index (χ1) is 6.72. The van der Waals surface area contributed by atoms with Gasteiger partial charge in [-0.1, -0.05) is 0 Å². The largest absolute Gasteiger partial charge is 0.466 e. The van der Waals surface area contributed by atoms with Crippen LogP contribution in [0.2, 0.25) is 0 Å². The molecular weight excluding hydrogens is 204 g/mol. The van der Waals surface area contributed by atoms with Gasteiger partial charge in [0.15, 0.2) is 5.06 Å². The highest BCUT2D eigenvalue weighted by Crippen LogP contribution is 2.18. The molecule has 4 nitrogen and oxygen atoms in total. The fourth-order valence-corrected chi connectivity index (χ4v) is 1.39. The molecule has 0 aromatic carbocycles. The molecule has 0 aliphatic carbocycles. The summed E-state index contributed by atoms with van der Waals surface area (Å²) in [7, 11) is 0. The quantitative estimate of drug-likeness (QED) is 0.564. The van der Waals surface area contributed by atoms with Crippen LogP contribution in [0.4, 0.5) is 0 Å². The molecule has 0 N–H and O–H groups in total. The Labute approximate surface area is 85.4 Å². The fraction of sp³-hybridized carbons (Fsp3) is 0.333. The first-order valence-corrected chi connectivity index (χ1v) is 5.00. The van der Waals surface area contributed by atoms with Gasteiger partial charge in [0.25, 0.3) is 0 Å². The summed E-state index contributed by atoms with van der Waals surface area (Å²) in [6.07, 6.45) is -0.342. The Morgan fingerprint density at radius 3 is 2.79 bits per heavy atom. The van der Waals surface area contributed by atoms with Crippen LogP contribution in [0.15, 0.2) is 17.5 Å². The van der Waals surface area contributed by atoms with Crippen LogP contribution in [-0.4, -0.2) is 18.5 Å². The Hall–Kier alpha value is -1.36. The molecule has 1 rings (SSSR count). The summed E-state index contributed by atoms with van der Waals surface area (Å²) in [4.78, 5) is 21.9. The van der Waals surface area contributed by atoms with Crippen LogP contribution in [0.25, 0.3) is 0 Å². The van der Waals surface area contributed by atoms with E-state index in [0.29, 0.717) is 5.06 Å². The number of hydrogen-bond donors (Lipinski definition) is 0. The summed E-state index contributed by atoms with van der Waals surface area (Å²) in [6, 6.07) is 3.42. The Kier molecular flexibility index (Phi) is 4.12. The highest BCUT2D eigenvalue weighted by atomic mass is 32.1. The monoisotopic (exact) mass is 214 g/mol. The van der Waals surface area contributed by atoms with E-state index in [9.17, 15) is 9.59 Å². The predicted octanol–water partition coefficient (Wildman–Crippen LogP) is 1.61. The van der Waals surface area contributed by atoms with Crippen molar-refractivity contribution in [3.8, 4) is 5.06 Å². The highest BCUT2D eigenvalue weighted by Gasteiger charge is 2.12. The van der Waals surface area contributed by atoms with Crippen molar-refractivity contribution in [2.45, 2.75) is 13.3 Å². The molecule has 0 spiro atoms. The van der Waals surface area contributed by atoms with Crippen LogP contribution in [0.3, 0.4) is 0 Å². The van der Waals surface area contributed by atoms with Crippen LogP contribution < -0.4 is 4.74 Å². The Bertz CT molecular complexity index is 305. The summed E-state index contributed by atoms with van der Waals surface area (Å²) in [5, 5.41) is 2.27. The molecule has 1 aromatic rings. The van der Waals surface area contributed by atoms with Gasteiger partial charge in [-0.25, -0.2) is 0 Å². The van der Waals surface area contributed by atoms with Gasteiger partial charge < -0.3 is 9.47 Å². The van der Waals surface area contributed by atoms with Crippen molar-refractivity contribution in [1.29, 1.82) is 0 Å². The zero-order valence-corrected chi connectivity index (χ0v) is 8.50. The maximum absolute atomic E-state index is 11.1. The van der Waals surface area contributed by atoms with Crippen molar-refractivity contribution in [2.75, 3.05) is 6.61 Å². The summed E-state index contributed by atoms with van der Waals surface area (Å²) in [6.45, 7) is 1.95. The minimum Gasteiger partial charge on any atom is -0.466 e. The lowest BCUT2D eigenvalue weighted by Crippen LogP contribution is -2.15. The number of ether oxygens (including phenoxy) is 2. The van der Waals surface area contributed by atoms with Crippen LogP contribution in [-0.2, 0) is 14.3 Å². The van der Waals surface area contributed by atoms with Crippen molar-refractivity contribution in [3.63, 3.8) is 0 Å². The highest BCUT2D eigenvalue weighted by molar-refractivity contribution is 7.11. The maximum atomic E-state index is 11.1. The first-order valence-electron chi connectivity index (χ1n) is 4.12. The van der Waals surface area contributed by atoms with Gasteiger partial charge in [0.2, 0.25) is 0 Å². The van der Waals surface area contributed by atoms with Crippen molar-refractivity contribution in [1.82, 2.24) is 0 Å². The third kappa shape index (κ3) is 3.57. The second kappa shape index (κ2) is 5.39. The van der Waals surface area contributed by atoms with Gasteiger partial charge >= 0.3 is 11.9 Å². The Balaban J connectivity index is 2.33. The molecule has 5 heteroatoms. The zero-order chi connectivity index (χ0) is 10.4. The lowest BCUT2D eigenvalue weighted by atomic mass is 10.4. The molecule has 0 aliphatic rings. The zero-order valence-electron chi connectivity index (χ0n) is 7.69. The summed E-state index contributed by atoms with van der Waals surface area (Å²) in [5.41, 5.74) is 0. The lowest BCUT2D eigenvalue weighted by Gasteiger charge is -2.01. The van der Waals surface area contributed by atoms with E-state index in [1.165, 1.54) is 11.3 Å². The molecule has 1 aromatic heterocycles. The lowest BCUT2D eigenvalue weighted by molar-refractivity contribution is -0.149. The van der Waals surface area contributed by atoms with E-state index in [2.05, 4.69) is 4.74 Å². The van der Waals surface area contributed by atoms with Crippen molar-refractivity contribution < 1.29 is 19.1 Å². The number of carbonyl (C=O) groups is 2. The van der Waals surface area contributed by atoms with Gasteiger partial charge in [-0.2, -0.15) is 0 Å². The average Bonchev–Trinajstić information content (AvgIpc) is 2.56. The molecule has 0 unspecified atom stereocenters. The summed E-state index contributed by atoms with van der Waals surface area (Å²) in [5.74, 6) is -1.15. The van der Waals surface area contributed by atoms with Crippen molar-refractivity contribution >= 4 is 23.3 Å². The standard InChI is InChI=1S/C9H10O4S/c1-2-12-7(10)6-8(11)13-9-4-3-5-14-9/h3-5H,2,6H2,1H3. The number of carbonyl (C=O) groups excluding carboxylic acids is 2. The molecule has 76 valence electrons. The van der Waals surface area contributed by atoms with E-state index in [-0.39, 0.29) is 13.0 Å². The molecule has 0 amide bonds. The second-order valence-corrected chi connectivity index (χ2v) is 3.30. The molecule has 0 saturated carbocycles. The van der Waals surface area contributed by atoms with Gasteiger partial charge in [0.05, 0.1) is 6.61 Å². The van der Waals surface area contributed by atoms with Gasteiger partial charge in [-0.05, 0) is 24.4 Å². The van der Waals surface area contributed by atoms with Crippen LogP contribution in [0.1, 0.15) is 13.3 Å². The molecule has 0 radical (unpaired) electrons. The third-order valence-corrected chi connectivity index (χ3v) is 2.05. The van der Waals surface area contributed by atoms with Crippen molar-refractivity contribution in [2.24, 2.45) is 0 Å². The normalized spacial score (nSPS) is 9.50. The molecule has 0 aliphatic heterocycles. The summed E-state index contributed by atoms with van der Waals surface area (Å²) >= 11 is 1.30. The van der Waals surface area contributed by atoms with Crippen LogP contribution in [0, 0.1) is 0 Å². The average molecular weight is 214 g/mol. The van der Waals surface area contributed by atoms with Gasteiger partial charge in [0, 0.05) is 0 Å². The van der Waals surface area contributed by atoms with Gasteiger partial charge in [-0.15, -0.1) is 11.3 Å².